The molecule has 4 N–H and O–H groups in total. The van der Waals surface area contributed by atoms with E-state index in [4.69, 9.17) is 10.2 Å². The molecule has 3 aliphatic rings. The average molecular weight is 681 g/mol. The minimum atomic E-state index is -1.00. The number of carbonyl (C=O) groups is 4. The summed E-state index contributed by atoms with van der Waals surface area (Å²) in [5, 5.41) is 23.1. The molecule has 2 aliphatic heterocycles. The summed E-state index contributed by atoms with van der Waals surface area (Å²) in [5.74, 6) is -0.811. The molecule has 1 aliphatic carbocycles. The first-order valence-electron chi connectivity index (χ1n) is 17.3. The van der Waals surface area contributed by atoms with Crippen LogP contribution in [0.5, 0.6) is 0 Å². The molecule has 49 heavy (non-hydrogen) atoms. The second kappa shape index (κ2) is 18.4. The highest BCUT2D eigenvalue weighted by Crippen LogP contribution is 2.39. The largest absolute Gasteiger partial charge is 0.481 e. The van der Waals surface area contributed by atoms with Crippen molar-refractivity contribution in [3.05, 3.63) is 77.1 Å². The Labute approximate surface area is 289 Å². The Morgan fingerprint density at radius 2 is 1.78 bits per heavy atom. The number of fused-ring (bicyclic) bond motifs is 1. The number of carboxylic acids is 1. The maximum atomic E-state index is 13.1. The zero-order valence-corrected chi connectivity index (χ0v) is 29.5. The summed E-state index contributed by atoms with van der Waals surface area (Å²) in [5.41, 5.74) is 3.49. The molecule has 0 aromatic heterocycles. The molecule has 0 radical (unpaired) electrons. The highest BCUT2D eigenvalue weighted by molar-refractivity contribution is 5.89. The lowest BCUT2D eigenvalue weighted by Crippen LogP contribution is -2.46. The molecule has 5 rings (SSSR count). The van der Waals surface area contributed by atoms with E-state index in [1.165, 1.54) is 35.8 Å². The summed E-state index contributed by atoms with van der Waals surface area (Å²) in [6.45, 7) is 9.99. The molecule has 0 bridgehead atoms. The third-order valence-corrected chi connectivity index (χ3v) is 9.01. The summed E-state index contributed by atoms with van der Waals surface area (Å²) in [6.07, 6.45) is 10.5. The van der Waals surface area contributed by atoms with Gasteiger partial charge >= 0.3 is 12.1 Å². The number of nitrogens with zero attached hydrogens (tertiary/aromatic N) is 2. The first-order chi connectivity index (χ1) is 23.3. The number of hydrogen-bond acceptors (Lipinski definition) is 5. The minimum absolute atomic E-state index is 0.0303. The number of unbranched alkanes of at least 4 members (excludes halogenated alkanes) is 3. The van der Waals surface area contributed by atoms with Gasteiger partial charge in [0.1, 0.15) is 11.9 Å². The average Bonchev–Trinajstić information content (AvgIpc) is 3.45. The molecular weight excluding hydrogens is 627 g/mol. The fourth-order valence-corrected chi connectivity index (χ4v) is 5.89. The van der Waals surface area contributed by atoms with Crippen LogP contribution in [0.15, 0.2) is 54.6 Å². The van der Waals surface area contributed by atoms with Crippen LogP contribution in [-0.2, 0) is 32.9 Å². The van der Waals surface area contributed by atoms with Crippen LogP contribution in [-0.4, -0.2) is 70.1 Å². The van der Waals surface area contributed by atoms with Gasteiger partial charge in [0.25, 0.3) is 0 Å². The Kier molecular flexibility index (Phi) is 14.6. The van der Waals surface area contributed by atoms with Crippen LogP contribution >= 0.6 is 0 Å². The maximum Gasteiger partial charge on any atom is 0.407 e. The van der Waals surface area contributed by atoms with Crippen LogP contribution in [0.1, 0.15) is 89.3 Å². The van der Waals surface area contributed by atoms with Gasteiger partial charge < -0.3 is 25.7 Å². The molecule has 2 aromatic rings. The first-order valence-corrected chi connectivity index (χ1v) is 17.3. The number of likely N-dealkylation sites (tertiary alicyclic amines) is 1. The van der Waals surface area contributed by atoms with Crippen molar-refractivity contribution in [3.8, 4) is 0 Å². The van der Waals surface area contributed by atoms with Gasteiger partial charge in [-0.25, -0.2) is 9.18 Å². The Morgan fingerprint density at radius 1 is 1.04 bits per heavy atom. The van der Waals surface area contributed by atoms with Crippen molar-refractivity contribution in [2.24, 2.45) is 11.8 Å². The van der Waals surface area contributed by atoms with Crippen molar-refractivity contribution in [1.82, 2.24) is 15.1 Å². The fourth-order valence-electron chi connectivity index (χ4n) is 5.89. The van der Waals surface area contributed by atoms with Crippen LogP contribution in [0.2, 0.25) is 0 Å². The number of benzene rings is 2. The Bertz CT molecular complexity index is 1470. The van der Waals surface area contributed by atoms with Crippen LogP contribution in [0.3, 0.4) is 0 Å². The van der Waals surface area contributed by atoms with Gasteiger partial charge in [0.2, 0.25) is 11.8 Å². The van der Waals surface area contributed by atoms with Crippen LogP contribution in [0.25, 0.3) is 0 Å². The number of carboxylic acid groups (broad SMARTS) is 2. The number of likely N-dealkylation sites (N-methyl/N-ethyl adjacent to an activating group) is 1. The Balaban J connectivity index is 0.000000213. The number of rotatable bonds is 10. The van der Waals surface area contributed by atoms with Crippen molar-refractivity contribution in [3.63, 3.8) is 0 Å². The number of aliphatic carboxylic acids is 1. The molecule has 3 atom stereocenters. The third-order valence-electron chi connectivity index (χ3n) is 9.01. The predicted molar refractivity (Wildman–Crippen MR) is 189 cm³/mol. The molecule has 11 heteroatoms. The van der Waals surface area contributed by atoms with Crippen molar-refractivity contribution in [2.75, 3.05) is 25.5 Å². The Morgan fingerprint density at radius 3 is 2.39 bits per heavy atom. The summed E-state index contributed by atoms with van der Waals surface area (Å²) in [6, 6.07) is 12.5. The van der Waals surface area contributed by atoms with Gasteiger partial charge in [-0.1, -0.05) is 77.0 Å². The van der Waals surface area contributed by atoms with E-state index in [9.17, 15) is 23.6 Å². The number of allylic oxidation sites excluding steroid dienone is 2. The van der Waals surface area contributed by atoms with E-state index >= 15 is 0 Å². The molecule has 3 amide bonds. The number of nitrogens with one attached hydrogen (secondary N) is 2. The second-order valence-electron chi connectivity index (χ2n) is 13.8. The number of halogens is 1. The van der Waals surface area contributed by atoms with E-state index in [0.29, 0.717) is 24.6 Å². The fraction of sp³-hybridized carbons (Fsp3) is 0.526. The SMILES string of the molecule is CCCCC/C=C\C1CC1C(=O)O.CNC(=O)[C@@H]1CCCN1C(=O)CNc1cccc(C(C)(C)C)c1.O=C(O)N1Cc2cccc(F)c2C1. The van der Waals surface area contributed by atoms with E-state index in [-0.39, 0.29) is 48.1 Å². The molecular formula is C38H53FN4O6. The molecule has 10 nitrogen and oxygen atoms in total. The number of amides is 3. The third kappa shape index (κ3) is 11.9. The minimum Gasteiger partial charge on any atom is -0.481 e. The van der Waals surface area contributed by atoms with E-state index < -0.39 is 12.1 Å². The predicted octanol–water partition coefficient (Wildman–Crippen LogP) is 6.80. The van der Waals surface area contributed by atoms with Crippen molar-refractivity contribution < 1.29 is 33.8 Å². The molecule has 2 fully saturated rings. The number of carbonyl (C=O) groups excluding carboxylic acids is 2. The van der Waals surface area contributed by atoms with Crippen LogP contribution in [0, 0.1) is 17.7 Å². The lowest BCUT2D eigenvalue weighted by Gasteiger charge is -2.24. The summed E-state index contributed by atoms with van der Waals surface area (Å²) < 4.78 is 13.1. The molecule has 268 valence electrons. The van der Waals surface area contributed by atoms with Gasteiger partial charge in [-0.05, 0) is 72.8 Å². The quantitative estimate of drug-likeness (QED) is 0.160. The maximum absolute atomic E-state index is 13.1. The van der Waals surface area contributed by atoms with Crippen LogP contribution < -0.4 is 10.6 Å². The van der Waals surface area contributed by atoms with Gasteiger partial charge in [-0.15, -0.1) is 0 Å². The lowest BCUT2D eigenvalue weighted by molar-refractivity contribution is -0.138. The van der Waals surface area contributed by atoms with Gasteiger partial charge in [-0.3, -0.25) is 19.3 Å². The van der Waals surface area contributed by atoms with Gasteiger partial charge in [0.15, 0.2) is 0 Å². The molecule has 1 saturated heterocycles. The van der Waals surface area contributed by atoms with E-state index in [2.05, 4.69) is 62.6 Å². The van der Waals surface area contributed by atoms with Gasteiger partial charge in [-0.2, -0.15) is 0 Å². The second-order valence-corrected chi connectivity index (χ2v) is 13.8. The smallest absolute Gasteiger partial charge is 0.407 e. The highest BCUT2D eigenvalue weighted by Gasteiger charge is 2.41. The summed E-state index contributed by atoms with van der Waals surface area (Å²) in [4.78, 5) is 48.2. The summed E-state index contributed by atoms with van der Waals surface area (Å²) in [7, 11) is 1.61. The van der Waals surface area contributed by atoms with Crippen molar-refractivity contribution in [2.45, 2.75) is 97.2 Å². The van der Waals surface area contributed by atoms with E-state index in [1.54, 1.807) is 24.1 Å². The first kappa shape index (κ1) is 39.0. The zero-order valence-electron chi connectivity index (χ0n) is 29.5. The number of anilines is 1. The van der Waals surface area contributed by atoms with Gasteiger partial charge in [0, 0.05) is 31.4 Å². The van der Waals surface area contributed by atoms with Gasteiger partial charge in [0.05, 0.1) is 19.0 Å². The highest BCUT2D eigenvalue weighted by atomic mass is 19.1. The molecule has 2 heterocycles. The van der Waals surface area contributed by atoms with Crippen LogP contribution in [0.4, 0.5) is 14.9 Å². The standard InChI is InChI=1S/C18H27N3O2.C11H18O2.C9H8FNO2/c1-18(2,3)13-7-5-8-14(11-13)20-12-16(22)21-10-6-9-15(21)17(23)19-4;1-2-3-4-5-6-7-9-8-10(9)11(12)13;10-8-3-1-2-6-4-11(9(12)13)5-7(6)8/h5,7-8,11,15,20H,6,9-10,12H2,1-4H3,(H,19,23);6-7,9-10H,2-5,8H2,1H3,(H,12,13);1-3H,4-5H2,(H,12,13)/b;7-6-;/t15-;;/m0../s1. The molecule has 2 aromatic carbocycles. The normalized spacial score (nSPS) is 19.3. The van der Waals surface area contributed by atoms with E-state index in [1.807, 2.05) is 12.1 Å². The molecule has 1 saturated carbocycles. The van der Waals surface area contributed by atoms with E-state index in [0.717, 1.165) is 36.9 Å². The molecule has 2 unspecified atom stereocenters. The number of hydrogen-bond donors (Lipinski definition) is 4. The van der Waals surface area contributed by atoms with Crippen molar-refractivity contribution in [1.29, 1.82) is 0 Å². The summed E-state index contributed by atoms with van der Waals surface area (Å²) >= 11 is 0. The zero-order chi connectivity index (χ0) is 36.1. The molecule has 0 spiro atoms. The van der Waals surface area contributed by atoms with Crippen molar-refractivity contribution >= 4 is 29.6 Å². The lowest BCUT2D eigenvalue weighted by atomic mass is 9.87. The Hall–Kier alpha value is -4.41. The monoisotopic (exact) mass is 680 g/mol. The topological polar surface area (TPSA) is 139 Å².